The van der Waals surface area contributed by atoms with Gasteiger partial charge in [0.1, 0.15) is 6.61 Å². The molecule has 0 radical (unpaired) electrons. The average Bonchev–Trinajstić information content (AvgIpc) is 3.09. The van der Waals surface area contributed by atoms with Crippen molar-refractivity contribution < 1.29 is 14.3 Å². The molecule has 0 fully saturated rings. The van der Waals surface area contributed by atoms with Gasteiger partial charge in [0.05, 0.1) is 17.9 Å². The Kier molecular flexibility index (Phi) is 4.50. The van der Waals surface area contributed by atoms with Crippen LogP contribution in [0.4, 0.5) is 0 Å². The highest BCUT2D eigenvalue weighted by Gasteiger charge is 2.26. The maximum absolute atomic E-state index is 12.8. The van der Waals surface area contributed by atoms with Crippen LogP contribution in [0.5, 0.6) is 11.5 Å². The van der Waals surface area contributed by atoms with Gasteiger partial charge in [-0.1, -0.05) is 30.3 Å². The molecule has 0 unspecified atom stereocenters. The topological polar surface area (TPSA) is 69.5 Å². The lowest BCUT2D eigenvalue weighted by Gasteiger charge is -2.29. The van der Waals surface area contributed by atoms with E-state index >= 15 is 0 Å². The van der Waals surface area contributed by atoms with Crippen LogP contribution in [-0.4, -0.2) is 52.1 Å². The SMILES string of the molecule is Cc1nn(-c2ccccc2)nc1C(=O)N(C)C[C@H]1COc2ccccc2O1. The number of benzene rings is 2. The molecule has 7 nitrogen and oxygen atoms in total. The second-order valence-electron chi connectivity index (χ2n) is 6.44. The minimum absolute atomic E-state index is 0.197. The Morgan fingerprint density at radius 2 is 1.81 bits per heavy atom. The molecule has 0 aliphatic carbocycles. The maximum Gasteiger partial charge on any atom is 0.276 e. The van der Waals surface area contributed by atoms with Crippen molar-refractivity contribution in [3.05, 3.63) is 66.0 Å². The second kappa shape index (κ2) is 7.11. The van der Waals surface area contributed by atoms with Crippen LogP contribution < -0.4 is 9.47 Å². The molecule has 0 N–H and O–H groups in total. The quantitative estimate of drug-likeness (QED) is 0.711. The highest BCUT2D eigenvalue weighted by atomic mass is 16.6. The fraction of sp³-hybridized carbons (Fsp3) is 0.250. The number of likely N-dealkylation sites (N-methyl/N-ethyl adjacent to an activating group) is 1. The third-order valence-corrected chi connectivity index (χ3v) is 4.36. The summed E-state index contributed by atoms with van der Waals surface area (Å²) in [5.41, 5.74) is 1.73. The fourth-order valence-electron chi connectivity index (χ4n) is 2.98. The number of nitrogens with zero attached hydrogens (tertiary/aromatic N) is 4. The summed E-state index contributed by atoms with van der Waals surface area (Å²) in [6.07, 6.45) is -0.238. The lowest BCUT2D eigenvalue weighted by molar-refractivity contribution is 0.0516. The number of para-hydroxylation sites is 3. The molecule has 0 saturated heterocycles. The van der Waals surface area contributed by atoms with E-state index in [0.29, 0.717) is 30.3 Å². The van der Waals surface area contributed by atoms with E-state index in [9.17, 15) is 4.79 Å². The zero-order valence-electron chi connectivity index (χ0n) is 15.2. The first kappa shape index (κ1) is 17.1. The van der Waals surface area contributed by atoms with E-state index in [1.165, 1.54) is 4.80 Å². The summed E-state index contributed by atoms with van der Waals surface area (Å²) in [5.74, 6) is 1.22. The number of carbonyl (C=O) groups is 1. The smallest absolute Gasteiger partial charge is 0.276 e. The number of fused-ring (bicyclic) bond motifs is 1. The predicted molar refractivity (Wildman–Crippen MR) is 99.4 cm³/mol. The van der Waals surface area contributed by atoms with Gasteiger partial charge in [-0.15, -0.1) is 5.10 Å². The van der Waals surface area contributed by atoms with Gasteiger partial charge in [0.2, 0.25) is 0 Å². The molecule has 7 heteroatoms. The summed E-state index contributed by atoms with van der Waals surface area (Å²) in [4.78, 5) is 15.9. The van der Waals surface area contributed by atoms with Crippen molar-refractivity contribution in [2.24, 2.45) is 0 Å². The molecule has 1 aromatic heterocycles. The number of rotatable bonds is 4. The van der Waals surface area contributed by atoms with E-state index in [4.69, 9.17) is 9.47 Å². The first-order valence-electron chi connectivity index (χ1n) is 8.75. The zero-order valence-corrected chi connectivity index (χ0v) is 15.2. The summed E-state index contributed by atoms with van der Waals surface area (Å²) in [6, 6.07) is 17.0. The van der Waals surface area contributed by atoms with Gasteiger partial charge in [-0.2, -0.15) is 9.90 Å². The van der Waals surface area contributed by atoms with Crippen molar-refractivity contribution in [1.82, 2.24) is 19.9 Å². The minimum Gasteiger partial charge on any atom is -0.486 e. The van der Waals surface area contributed by atoms with Crippen molar-refractivity contribution in [2.75, 3.05) is 20.2 Å². The minimum atomic E-state index is -0.238. The Hall–Kier alpha value is -3.35. The Morgan fingerprint density at radius 1 is 1.11 bits per heavy atom. The predicted octanol–water partition coefficient (Wildman–Crippen LogP) is 2.49. The highest BCUT2D eigenvalue weighted by molar-refractivity contribution is 5.93. The molecule has 3 aromatic rings. The van der Waals surface area contributed by atoms with Gasteiger partial charge in [0.25, 0.3) is 5.91 Å². The van der Waals surface area contributed by atoms with Crippen molar-refractivity contribution in [1.29, 1.82) is 0 Å². The number of hydrogen-bond acceptors (Lipinski definition) is 5. The molecular formula is C20H20N4O3. The van der Waals surface area contributed by atoms with E-state index in [2.05, 4.69) is 10.2 Å². The molecule has 1 aliphatic rings. The summed E-state index contributed by atoms with van der Waals surface area (Å²) < 4.78 is 11.6. The summed E-state index contributed by atoms with van der Waals surface area (Å²) in [7, 11) is 1.73. The Balaban J connectivity index is 1.46. The van der Waals surface area contributed by atoms with E-state index in [1.54, 1.807) is 18.9 Å². The molecule has 138 valence electrons. The largest absolute Gasteiger partial charge is 0.486 e. The first-order valence-corrected chi connectivity index (χ1v) is 8.75. The van der Waals surface area contributed by atoms with Gasteiger partial charge in [-0.25, -0.2) is 0 Å². The Labute approximate surface area is 157 Å². The van der Waals surface area contributed by atoms with Crippen LogP contribution in [0.1, 0.15) is 16.2 Å². The monoisotopic (exact) mass is 364 g/mol. The fourth-order valence-corrected chi connectivity index (χ4v) is 2.98. The van der Waals surface area contributed by atoms with Crippen LogP contribution in [-0.2, 0) is 0 Å². The van der Waals surface area contributed by atoms with Crippen molar-refractivity contribution in [3.8, 4) is 17.2 Å². The highest BCUT2D eigenvalue weighted by Crippen LogP contribution is 2.31. The first-order chi connectivity index (χ1) is 13.1. The summed E-state index contributed by atoms with van der Waals surface area (Å²) in [6.45, 7) is 2.57. The van der Waals surface area contributed by atoms with E-state index in [0.717, 1.165) is 11.4 Å². The number of carbonyl (C=O) groups excluding carboxylic acids is 1. The van der Waals surface area contributed by atoms with Gasteiger partial charge in [-0.05, 0) is 31.2 Å². The maximum atomic E-state index is 12.8. The van der Waals surface area contributed by atoms with Crippen LogP contribution in [0.25, 0.3) is 5.69 Å². The van der Waals surface area contributed by atoms with Gasteiger partial charge < -0.3 is 14.4 Å². The summed E-state index contributed by atoms with van der Waals surface area (Å²) in [5, 5.41) is 8.74. The van der Waals surface area contributed by atoms with Gasteiger partial charge >= 0.3 is 0 Å². The standard InChI is InChI=1S/C20H20N4O3/c1-14-19(22-24(21-14)15-8-4-3-5-9-15)20(25)23(2)12-16-13-26-17-10-6-7-11-18(17)27-16/h3-11,16H,12-13H2,1-2H3/t16-/m0/s1. The zero-order chi connectivity index (χ0) is 18.8. The Morgan fingerprint density at radius 3 is 2.59 bits per heavy atom. The third-order valence-electron chi connectivity index (χ3n) is 4.36. The molecule has 0 bridgehead atoms. The molecule has 2 heterocycles. The number of hydrogen-bond donors (Lipinski definition) is 0. The van der Waals surface area contributed by atoms with Gasteiger partial charge in [0.15, 0.2) is 23.3 Å². The lowest BCUT2D eigenvalue weighted by atomic mass is 10.2. The number of ether oxygens (including phenoxy) is 2. The second-order valence-corrected chi connectivity index (χ2v) is 6.44. The molecule has 1 atom stereocenters. The molecule has 0 saturated carbocycles. The molecule has 27 heavy (non-hydrogen) atoms. The van der Waals surface area contributed by atoms with Crippen molar-refractivity contribution in [3.63, 3.8) is 0 Å². The molecular weight excluding hydrogens is 344 g/mol. The number of amides is 1. The van der Waals surface area contributed by atoms with Crippen LogP contribution in [0.3, 0.4) is 0 Å². The van der Waals surface area contributed by atoms with Gasteiger partial charge in [0, 0.05) is 7.05 Å². The molecule has 1 amide bonds. The van der Waals surface area contributed by atoms with E-state index in [1.807, 2.05) is 54.6 Å². The third kappa shape index (κ3) is 3.48. The molecule has 4 rings (SSSR count). The number of aromatic nitrogens is 3. The molecule has 0 spiro atoms. The van der Waals surface area contributed by atoms with Crippen LogP contribution in [0.2, 0.25) is 0 Å². The van der Waals surface area contributed by atoms with E-state index in [-0.39, 0.29) is 12.0 Å². The van der Waals surface area contributed by atoms with Crippen LogP contribution in [0, 0.1) is 6.92 Å². The van der Waals surface area contributed by atoms with Crippen molar-refractivity contribution >= 4 is 5.91 Å². The van der Waals surface area contributed by atoms with Crippen LogP contribution in [0.15, 0.2) is 54.6 Å². The average molecular weight is 364 g/mol. The normalized spacial score (nSPS) is 15.4. The molecule has 1 aliphatic heterocycles. The van der Waals surface area contributed by atoms with Crippen LogP contribution >= 0.6 is 0 Å². The Bertz CT molecular complexity index is 955. The van der Waals surface area contributed by atoms with Crippen molar-refractivity contribution in [2.45, 2.75) is 13.0 Å². The van der Waals surface area contributed by atoms with Gasteiger partial charge in [-0.3, -0.25) is 4.79 Å². The lowest BCUT2D eigenvalue weighted by Crippen LogP contribution is -2.42. The number of aryl methyl sites for hydroxylation is 1. The van der Waals surface area contributed by atoms with E-state index < -0.39 is 0 Å². The molecule has 2 aromatic carbocycles. The summed E-state index contributed by atoms with van der Waals surface area (Å²) >= 11 is 0.